The molecule has 0 aromatic carbocycles. The van der Waals surface area contributed by atoms with Gasteiger partial charge < -0.3 is 9.80 Å². The SMILES string of the molecule is C[C@@H]1CN(c2cnc(C#N)c(-c3cnn(C)c3)n2)CCN1C(=O)C1CC(F)(F)C1. The number of rotatable bonds is 3. The second kappa shape index (κ2) is 7.06. The molecule has 1 atom stereocenters. The number of aryl methyl sites for hydroxylation is 1. The van der Waals surface area contributed by atoms with Crippen LogP contribution in [0.4, 0.5) is 14.6 Å². The number of carbonyl (C=O) groups excluding carboxylic acids is 1. The number of alkyl halides is 2. The van der Waals surface area contributed by atoms with Crippen LogP contribution in [0.2, 0.25) is 0 Å². The number of hydrogen-bond acceptors (Lipinski definition) is 6. The van der Waals surface area contributed by atoms with Gasteiger partial charge in [-0.05, 0) is 6.92 Å². The minimum absolute atomic E-state index is 0.134. The maximum absolute atomic E-state index is 13.1. The molecule has 10 heteroatoms. The average molecular weight is 401 g/mol. The molecule has 152 valence electrons. The first kappa shape index (κ1) is 19.2. The van der Waals surface area contributed by atoms with Crippen molar-refractivity contribution in [1.82, 2.24) is 24.6 Å². The highest BCUT2D eigenvalue weighted by Crippen LogP contribution is 2.43. The number of aromatic nitrogens is 4. The van der Waals surface area contributed by atoms with E-state index < -0.39 is 11.8 Å². The van der Waals surface area contributed by atoms with E-state index in [9.17, 15) is 18.8 Å². The fraction of sp³-hybridized carbons (Fsp3) is 0.526. The van der Waals surface area contributed by atoms with Crippen LogP contribution in [0, 0.1) is 17.2 Å². The summed E-state index contributed by atoms with van der Waals surface area (Å²) in [4.78, 5) is 25.1. The van der Waals surface area contributed by atoms with Gasteiger partial charge in [-0.25, -0.2) is 18.7 Å². The van der Waals surface area contributed by atoms with Gasteiger partial charge in [-0.15, -0.1) is 0 Å². The van der Waals surface area contributed by atoms with Gasteiger partial charge in [0, 0.05) is 63.2 Å². The van der Waals surface area contributed by atoms with E-state index in [1.54, 1.807) is 35.2 Å². The fourth-order valence-corrected chi connectivity index (χ4v) is 3.92. The number of nitriles is 1. The zero-order chi connectivity index (χ0) is 20.8. The summed E-state index contributed by atoms with van der Waals surface area (Å²) in [6.45, 7) is 3.38. The van der Waals surface area contributed by atoms with Crippen molar-refractivity contribution in [2.24, 2.45) is 13.0 Å². The van der Waals surface area contributed by atoms with Crippen LogP contribution in [0.1, 0.15) is 25.5 Å². The van der Waals surface area contributed by atoms with Gasteiger partial charge in [0.15, 0.2) is 5.69 Å². The van der Waals surface area contributed by atoms with Crippen molar-refractivity contribution in [1.29, 1.82) is 5.26 Å². The van der Waals surface area contributed by atoms with Crippen LogP contribution >= 0.6 is 0 Å². The van der Waals surface area contributed by atoms with Gasteiger partial charge >= 0.3 is 0 Å². The Morgan fingerprint density at radius 1 is 1.31 bits per heavy atom. The van der Waals surface area contributed by atoms with Gasteiger partial charge in [-0.3, -0.25) is 9.48 Å². The predicted octanol–water partition coefficient (Wildman–Crippen LogP) is 1.83. The van der Waals surface area contributed by atoms with E-state index >= 15 is 0 Å². The lowest BCUT2D eigenvalue weighted by Crippen LogP contribution is -2.57. The second-order valence-corrected chi connectivity index (χ2v) is 7.73. The number of nitrogens with zero attached hydrogens (tertiary/aromatic N) is 7. The van der Waals surface area contributed by atoms with Crippen LogP contribution in [0.3, 0.4) is 0 Å². The number of carbonyl (C=O) groups is 1. The summed E-state index contributed by atoms with van der Waals surface area (Å²) < 4.78 is 27.9. The van der Waals surface area contributed by atoms with Crippen LogP contribution in [-0.2, 0) is 11.8 Å². The molecule has 8 nitrogen and oxygen atoms in total. The maximum atomic E-state index is 13.1. The first-order chi connectivity index (χ1) is 13.8. The zero-order valence-corrected chi connectivity index (χ0v) is 16.2. The summed E-state index contributed by atoms with van der Waals surface area (Å²) in [5.41, 5.74) is 1.38. The molecular weight excluding hydrogens is 380 g/mol. The Morgan fingerprint density at radius 3 is 2.66 bits per heavy atom. The molecule has 1 amide bonds. The van der Waals surface area contributed by atoms with Gasteiger partial charge in [0.25, 0.3) is 0 Å². The summed E-state index contributed by atoms with van der Waals surface area (Å²) >= 11 is 0. The number of anilines is 1. The first-order valence-corrected chi connectivity index (χ1v) is 9.47. The Balaban J connectivity index is 1.49. The van der Waals surface area contributed by atoms with E-state index in [-0.39, 0.29) is 30.5 Å². The summed E-state index contributed by atoms with van der Waals surface area (Å²) in [6.07, 6.45) is 4.24. The van der Waals surface area contributed by atoms with Crippen molar-refractivity contribution in [3.8, 4) is 17.3 Å². The van der Waals surface area contributed by atoms with Crippen LogP contribution in [-0.4, -0.2) is 62.2 Å². The standard InChI is InChI=1S/C19H21F2N7O/c1-12-10-27(3-4-28(12)18(29)13-5-19(20,21)6-13)16-9-23-15(7-22)17(25-16)14-8-24-26(2)11-14/h8-9,11-13H,3-6,10H2,1-2H3/t12-/m1/s1. The number of amides is 1. The Hall–Kier alpha value is -3.09. The molecule has 0 unspecified atom stereocenters. The van der Waals surface area contributed by atoms with Crippen molar-refractivity contribution in [3.05, 3.63) is 24.3 Å². The summed E-state index contributed by atoms with van der Waals surface area (Å²) in [7, 11) is 1.78. The van der Waals surface area contributed by atoms with E-state index in [0.717, 1.165) is 0 Å². The largest absolute Gasteiger partial charge is 0.351 e. The number of hydrogen-bond donors (Lipinski definition) is 0. The van der Waals surface area contributed by atoms with Crippen LogP contribution in [0.25, 0.3) is 11.3 Å². The highest BCUT2D eigenvalue weighted by Gasteiger charge is 2.50. The molecule has 2 aliphatic rings. The molecule has 0 N–H and O–H groups in total. The molecule has 2 aromatic heterocycles. The molecule has 1 aliphatic heterocycles. The van der Waals surface area contributed by atoms with Gasteiger partial charge in [0.05, 0.1) is 12.4 Å². The topological polar surface area (TPSA) is 90.9 Å². The molecule has 0 radical (unpaired) electrons. The normalized spacial score (nSPS) is 21.6. The highest BCUT2D eigenvalue weighted by atomic mass is 19.3. The van der Waals surface area contributed by atoms with E-state index in [4.69, 9.17) is 0 Å². The van der Waals surface area contributed by atoms with Gasteiger partial charge in [-0.1, -0.05) is 0 Å². The third-order valence-electron chi connectivity index (χ3n) is 5.52. The molecule has 0 spiro atoms. The van der Waals surface area contributed by atoms with Gasteiger partial charge in [0.2, 0.25) is 11.8 Å². The molecule has 3 heterocycles. The molecule has 29 heavy (non-hydrogen) atoms. The van der Waals surface area contributed by atoms with Crippen LogP contribution < -0.4 is 4.90 Å². The molecule has 4 rings (SSSR count). The van der Waals surface area contributed by atoms with Crippen molar-refractivity contribution < 1.29 is 13.6 Å². The van der Waals surface area contributed by atoms with Crippen molar-refractivity contribution in [3.63, 3.8) is 0 Å². The smallest absolute Gasteiger partial charge is 0.249 e. The van der Waals surface area contributed by atoms with Crippen molar-refractivity contribution in [2.45, 2.75) is 31.7 Å². The predicted molar refractivity (Wildman–Crippen MR) is 100 cm³/mol. The van der Waals surface area contributed by atoms with Gasteiger partial charge in [0.1, 0.15) is 17.6 Å². The third kappa shape index (κ3) is 3.64. The van der Waals surface area contributed by atoms with E-state index in [0.29, 0.717) is 36.7 Å². The van der Waals surface area contributed by atoms with Crippen molar-refractivity contribution in [2.75, 3.05) is 24.5 Å². The molecule has 1 saturated carbocycles. The number of halogens is 2. The lowest BCUT2D eigenvalue weighted by atomic mass is 9.80. The van der Waals surface area contributed by atoms with E-state index in [1.165, 1.54) is 0 Å². The lowest BCUT2D eigenvalue weighted by molar-refractivity contribution is -0.161. The third-order valence-corrected chi connectivity index (χ3v) is 5.52. The highest BCUT2D eigenvalue weighted by molar-refractivity contribution is 5.80. The summed E-state index contributed by atoms with van der Waals surface area (Å²) in [5.74, 6) is -2.86. The molecule has 1 aliphatic carbocycles. The van der Waals surface area contributed by atoms with Crippen molar-refractivity contribution >= 4 is 11.7 Å². The minimum Gasteiger partial charge on any atom is -0.351 e. The van der Waals surface area contributed by atoms with Gasteiger partial charge in [-0.2, -0.15) is 10.4 Å². The molecular formula is C19H21F2N7O. The zero-order valence-electron chi connectivity index (χ0n) is 16.2. The first-order valence-electron chi connectivity index (χ1n) is 9.47. The molecule has 2 aromatic rings. The van der Waals surface area contributed by atoms with Crippen LogP contribution in [0.5, 0.6) is 0 Å². The quantitative estimate of drug-likeness (QED) is 0.779. The number of piperazine rings is 1. The minimum atomic E-state index is -2.70. The fourth-order valence-electron chi connectivity index (χ4n) is 3.92. The maximum Gasteiger partial charge on any atom is 0.249 e. The van der Waals surface area contributed by atoms with Crippen LogP contribution in [0.15, 0.2) is 18.6 Å². The van der Waals surface area contributed by atoms with E-state index in [1.807, 2.05) is 11.8 Å². The summed E-state index contributed by atoms with van der Waals surface area (Å²) in [6, 6.07) is 1.92. The second-order valence-electron chi connectivity index (χ2n) is 7.73. The Kier molecular flexibility index (Phi) is 4.68. The molecule has 0 bridgehead atoms. The van der Waals surface area contributed by atoms with E-state index in [2.05, 4.69) is 21.1 Å². The summed E-state index contributed by atoms with van der Waals surface area (Å²) in [5, 5.41) is 13.5. The Morgan fingerprint density at radius 2 is 2.07 bits per heavy atom. The average Bonchev–Trinajstić information content (AvgIpc) is 3.11. The lowest BCUT2D eigenvalue weighted by Gasteiger charge is -2.44. The molecule has 1 saturated heterocycles. The monoisotopic (exact) mass is 401 g/mol. The Labute approximate surface area is 166 Å². The Bertz CT molecular complexity index is 975. The molecule has 2 fully saturated rings.